The fourth-order valence-electron chi connectivity index (χ4n) is 4.25. The van der Waals surface area contributed by atoms with Crippen molar-refractivity contribution in [2.24, 2.45) is 5.92 Å². The van der Waals surface area contributed by atoms with Crippen LogP contribution >= 0.6 is 11.6 Å². The smallest absolute Gasteiger partial charge is 0.251 e. The molecule has 2 unspecified atom stereocenters. The Morgan fingerprint density at radius 3 is 2.69 bits per heavy atom. The van der Waals surface area contributed by atoms with Gasteiger partial charge in [0.05, 0.1) is 17.6 Å². The lowest BCUT2D eigenvalue weighted by Crippen LogP contribution is -2.35. The quantitative estimate of drug-likeness (QED) is 0.561. The van der Waals surface area contributed by atoms with Crippen LogP contribution in [0.4, 0.5) is 11.4 Å². The third-order valence-electron chi connectivity index (χ3n) is 6.06. The summed E-state index contributed by atoms with van der Waals surface area (Å²) in [5.74, 6) is -0.412. The topological polar surface area (TPSA) is 73.5 Å². The van der Waals surface area contributed by atoms with Gasteiger partial charge in [-0.25, -0.2) is 10.4 Å². The molecule has 32 heavy (non-hydrogen) atoms. The molecule has 162 valence electrons. The molecule has 2 atom stereocenters. The number of anilines is 2. The van der Waals surface area contributed by atoms with Crippen LogP contribution in [-0.2, 0) is 11.3 Å². The van der Waals surface area contributed by atoms with Crippen LogP contribution in [-0.4, -0.2) is 18.4 Å². The maximum Gasteiger partial charge on any atom is 0.251 e. The van der Waals surface area contributed by atoms with Gasteiger partial charge >= 0.3 is 0 Å². The first kappa shape index (κ1) is 20.5. The second kappa shape index (κ2) is 8.30. The molecule has 2 aliphatic heterocycles. The van der Waals surface area contributed by atoms with Crippen molar-refractivity contribution in [1.29, 1.82) is 0 Å². The van der Waals surface area contributed by atoms with E-state index in [-0.39, 0.29) is 23.8 Å². The van der Waals surface area contributed by atoms with Crippen molar-refractivity contribution >= 4 is 34.8 Å². The maximum atomic E-state index is 13.1. The normalized spacial score (nSPS) is 19.2. The molecule has 0 spiro atoms. The van der Waals surface area contributed by atoms with E-state index in [1.807, 2.05) is 61.5 Å². The Morgan fingerprint density at radius 2 is 1.91 bits per heavy atom. The van der Waals surface area contributed by atoms with Gasteiger partial charge in [0, 0.05) is 29.4 Å². The zero-order valence-corrected chi connectivity index (χ0v) is 18.3. The van der Waals surface area contributed by atoms with Crippen LogP contribution in [0.1, 0.15) is 33.1 Å². The average molecular weight is 447 g/mol. The summed E-state index contributed by atoms with van der Waals surface area (Å²) in [4.78, 5) is 25.9. The van der Waals surface area contributed by atoms with E-state index >= 15 is 0 Å². The van der Waals surface area contributed by atoms with Gasteiger partial charge in [0.15, 0.2) is 0 Å². The van der Waals surface area contributed by atoms with Gasteiger partial charge in [-0.05, 0) is 54.4 Å². The van der Waals surface area contributed by atoms with Crippen LogP contribution in [0.3, 0.4) is 0 Å². The minimum Gasteiger partial charge on any atom is -0.384 e. The summed E-state index contributed by atoms with van der Waals surface area (Å²) in [5, 5.41) is 8.51. The van der Waals surface area contributed by atoms with Crippen molar-refractivity contribution < 1.29 is 9.59 Å². The van der Waals surface area contributed by atoms with E-state index in [0.29, 0.717) is 23.7 Å². The van der Waals surface area contributed by atoms with Crippen molar-refractivity contribution in [2.75, 3.05) is 16.9 Å². The summed E-state index contributed by atoms with van der Waals surface area (Å²) in [7, 11) is 0. The number of hydrazine groups is 1. The van der Waals surface area contributed by atoms with Crippen LogP contribution in [0.15, 0.2) is 66.7 Å². The Morgan fingerprint density at radius 1 is 1.12 bits per heavy atom. The van der Waals surface area contributed by atoms with Crippen molar-refractivity contribution in [2.45, 2.75) is 19.5 Å². The molecule has 2 aliphatic rings. The van der Waals surface area contributed by atoms with Gasteiger partial charge in [0.1, 0.15) is 0 Å². The Kier molecular flexibility index (Phi) is 5.33. The lowest BCUT2D eigenvalue weighted by molar-refractivity contribution is -0.120. The van der Waals surface area contributed by atoms with Crippen molar-refractivity contribution in [1.82, 2.24) is 10.7 Å². The maximum absolute atomic E-state index is 13.1. The third-order valence-corrected chi connectivity index (χ3v) is 6.43. The monoisotopic (exact) mass is 446 g/mol. The first-order chi connectivity index (χ1) is 15.5. The summed E-state index contributed by atoms with van der Waals surface area (Å²) < 4.78 is 0. The number of hydrogen-bond acceptors (Lipinski definition) is 4. The molecule has 0 bridgehead atoms. The van der Waals surface area contributed by atoms with E-state index in [1.54, 1.807) is 17.1 Å². The highest BCUT2D eigenvalue weighted by Crippen LogP contribution is 2.40. The molecule has 1 saturated heterocycles. The van der Waals surface area contributed by atoms with Crippen LogP contribution in [0.2, 0.25) is 5.02 Å². The van der Waals surface area contributed by atoms with Gasteiger partial charge in [-0.15, -0.1) is 0 Å². The molecule has 2 amide bonds. The fraction of sp³-hybridized carbons (Fsp3) is 0.200. The first-order valence-electron chi connectivity index (χ1n) is 10.6. The summed E-state index contributed by atoms with van der Waals surface area (Å²) >= 11 is 6.19. The standard InChI is InChI=1S/C25H23ClN4O2/c1-15-6-9-18(10-7-15)30-25(32)20-14-27-22-11-8-16(12-19(22)23(20)29-30)24(31)28-13-17-4-2-3-5-21(17)26/h2-12,20,23,27,29H,13-14H2,1H3,(H,28,31). The highest BCUT2D eigenvalue weighted by atomic mass is 35.5. The van der Waals surface area contributed by atoms with Crippen molar-refractivity contribution in [3.05, 3.63) is 94.0 Å². The Labute approximate surface area is 191 Å². The molecule has 6 nitrogen and oxygen atoms in total. The van der Waals surface area contributed by atoms with Gasteiger partial charge in [-0.2, -0.15) is 0 Å². The molecule has 7 heteroatoms. The molecule has 0 aromatic heterocycles. The van der Waals surface area contributed by atoms with E-state index in [1.165, 1.54) is 0 Å². The molecule has 2 heterocycles. The second-order valence-corrected chi connectivity index (χ2v) is 8.59. The number of benzene rings is 3. The highest BCUT2D eigenvalue weighted by Gasteiger charge is 2.44. The van der Waals surface area contributed by atoms with Crippen molar-refractivity contribution in [3.8, 4) is 0 Å². The molecule has 5 rings (SSSR count). The van der Waals surface area contributed by atoms with E-state index < -0.39 is 0 Å². The molecule has 0 radical (unpaired) electrons. The van der Waals surface area contributed by atoms with Crippen LogP contribution in [0.25, 0.3) is 0 Å². The van der Waals surface area contributed by atoms with Gasteiger partial charge in [-0.1, -0.05) is 47.5 Å². The summed E-state index contributed by atoms with van der Waals surface area (Å²) in [6.07, 6.45) is 0. The molecule has 3 aromatic carbocycles. The number of fused-ring (bicyclic) bond motifs is 3. The number of aryl methyl sites for hydroxylation is 1. The van der Waals surface area contributed by atoms with E-state index in [0.717, 1.165) is 28.1 Å². The van der Waals surface area contributed by atoms with Crippen LogP contribution < -0.4 is 21.1 Å². The third kappa shape index (κ3) is 3.72. The van der Waals surface area contributed by atoms with E-state index in [9.17, 15) is 9.59 Å². The van der Waals surface area contributed by atoms with Gasteiger partial charge < -0.3 is 10.6 Å². The number of carbonyl (C=O) groups is 2. The minimum atomic E-state index is -0.245. The number of nitrogens with one attached hydrogen (secondary N) is 3. The number of hydrogen-bond donors (Lipinski definition) is 3. The molecular weight excluding hydrogens is 424 g/mol. The molecule has 3 aromatic rings. The van der Waals surface area contributed by atoms with E-state index in [4.69, 9.17) is 11.6 Å². The zero-order chi connectivity index (χ0) is 22.2. The number of amides is 2. The fourth-order valence-corrected chi connectivity index (χ4v) is 4.45. The number of rotatable bonds is 4. The molecule has 0 saturated carbocycles. The molecular formula is C25H23ClN4O2. The number of nitrogens with zero attached hydrogens (tertiary/aromatic N) is 1. The Hall–Kier alpha value is -3.35. The minimum absolute atomic E-state index is 0.0191. The zero-order valence-electron chi connectivity index (χ0n) is 17.6. The number of carbonyl (C=O) groups excluding carboxylic acids is 2. The summed E-state index contributed by atoms with van der Waals surface area (Å²) in [6.45, 7) is 2.91. The lowest BCUT2D eigenvalue weighted by Gasteiger charge is -2.27. The van der Waals surface area contributed by atoms with Gasteiger partial charge in [0.25, 0.3) is 5.91 Å². The first-order valence-corrected chi connectivity index (χ1v) is 11.0. The summed E-state index contributed by atoms with van der Waals surface area (Å²) in [5.41, 5.74) is 8.55. The van der Waals surface area contributed by atoms with Crippen LogP contribution in [0, 0.1) is 12.8 Å². The SMILES string of the molecule is Cc1ccc(N2NC3c4cc(C(=O)NCc5ccccc5Cl)ccc4NCC3C2=O)cc1. The predicted molar refractivity (Wildman–Crippen MR) is 126 cm³/mol. The Balaban J connectivity index is 1.37. The largest absolute Gasteiger partial charge is 0.384 e. The average Bonchev–Trinajstić information content (AvgIpc) is 3.15. The van der Waals surface area contributed by atoms with Crippen LogP contribution in [0.5, 0.6) is 0 Å². The van der Waals surface area contributed by atoms with Gasteiger partial charge in [0.2, 0.25) is 5.91 Å². The molecule has 1 fully saturated rings. The predicted octanol–water partition coefficient (Wildman–Crippen LogP) is 4.21. The lowest BCUT2D eigenvalue weighted by atomic mass is 9.88. The highest BCUT2D eigenvalue weighted by molar-refractivity contribution is 6.31. The van der Waals surface area contributed by atoms with Gasteiger partial charge in [-0.3, -0.25) is 9.59 Å². The van der Waals surface area contributed by atoms with E-state index in [2.05, 4.69) is 16.1 Å². The Bertz CT molecular complexity index is 1190. The molecule has 0 aliphatic carbocycles. The summed E-state index contributed by atoms with van der Waals surface area (Å²) in [6, 6.07) is 20.6. The second-order valence-electron chi connectivity index (χ2n) is 8.18. The van der Waals surface area contributed by atoms with Crippen molar-refractivity contribution in [3.63, 3.8) is 0 Å². The number of halogens is 1. The molecule has 3 N–H and O–H groups in total.